The summed E-state index contributed by atoms with van der Waals surface area (Å²) in [6, 6.07) is 0. The van der Waals surface area contributed by atoms with Gasteiger partial charge in [-0.3, -0.25) is 4.79 Å². The summed E-state index contributed by atoms with van der Waals surface area (Å²) in [6.45, 7) is 7.40. The zero-order valence-electron chi connectivity index (χ0n) is 13.3. The Kier molecular flexibility index (Phi) is 16.5. The number of carbonyl (C=O) groups is 1. The van der Waals surface area contributed by atoms with E-state index in [2.05, 4.69) is 17.1 Å². The van der Waals surface area contributed by atoms with Crippen LogP contribution in [-0.4, -0.2) is 43.5 Å². The topological polar surface area (TPSA) is 58.4 Å². The van der Waals surface area contributed by atoms with Gasteiger partial charge < -0.3 is 16.0 Å². The lowest BCUT2D eigenvalue weighted by Crippen LogP contribution is -2.34. The molecular weight excluding hydrogens is 309 g/mol. The zero-order chi connectivity index (χ0) is 13.9. The van der Waals surface area contributed by atoms with Gasteiger partial charge in [0.05, 0.1) is 0 Å². The monoisotopic (exact) mass is 341 g/mol. The van der Waals surface area contributed by atoms with Crippen LogP contribution in [-0.2, 0) is 4.79 Å². The minimum Gasteiger partial charge on any atom is -0.356 e. The lowest BCUT2D eigenvalue weighted by molar-refractivity contribution is -0.121. The molecular formula is C15H33Cl2N3O. The van der Waals surface area contributed by atoms with E-state index in [1.165, 1.54) is 25.9 Å². The van der Waals surface area contributed by atoms with E-state index in [0.717, 1.165) is 45.3 Å². The highest BCUT2D eigenvalue weighted by atomic mass is 35.5. The molecule has 6 heteroatoms. The van der Waals surface area contributed by atoms with Crippen molar-refractivity contribution in [2.24, 2.45) is 11.7 Å². The van der Waals surface area contributed by atoms with Gasteiger partial charge in [0.1, 0.15) is 0 Å². The Morgan fingerprint density at radius 3 is 2.38 bits per heavy atom. The third-order valence-electron chi connectivity index (χ3n) is 3.77. The first-order valence-corrected chi connectivity index (χ1v) is 7.91. The molecule has 1 rings (SSSR count). The van der Waals surface area contributed by atoms with Crippen molar-refractivity contribution in [3.63, 3.8) is 0 Å². The van der Waals surface area contributed by atoms with Gasteiger partial charge >= 0.3 is 0 Å². The highest BCUT2D eigenvalue weighted by molar-refractivity contribution is 5.85. The molecule has 1 aliphatic rings. The summed E-state index contributed by atoms with van der Waals surface area (Å²) < 4.78 is 0. The van der Waals surface area contributed by atoms with Gasteiger partial charge in [0.2, 0.25) is 5.91 Å². The number of nitrogens with two attached hydrogens (primary N) is 1. The van der Waals surface area contributed by atoms with E-state index in [1.54, 1.807) is 0 Å². The molecule has 1 aliphatic heterocycles. The maximum atomic E-state index is 11.7. The SMILES string of the molecule is CC(CNC(=O)CCCCCCN)CN1CCCC1.Cl.Cl. The molecule has 0 saturated carbocycles. The molecule has 0 aromatic rings. The summed E-state index contributed by atoms with van der Waals surface area (Å²) in [5.41, 5.74) is 5.44. The van der Waals surface area contributed by atoms with Gasteiger partial charge in [0, 0.05) is 19.5 Å². The van der Waals surface area contributed by atoms with Crippen molar-refractivity contribution in [3.05, 3.63) is 0 Å². The smallest absolute Gasteiger partial charge is 0.220 e. The van der Waals surface area contributed by atoms with E-state index in [9.17, 15) is 4.79 Å². The molecule has 0 aromatic carbocycles. The molecule has 3 N–H and O–H groups in total. The van der Waals surface area contributed by atoms with Crippen LogP contribution in [0.2, 0.25) is 0 Å². The summed E-state index contributed by atoms with van der Waals surface area (Å²) in [6.07, 6.45) is 7.68. The molecule has 1 heterocycles. The van der Waals surface area contributed by atoms with Gasteiger partial charge in [0.15, 0.2) is 0 Å². The van der Waals surface area contributed by atoms with Gasteiger partial charge in [-0.1, -0.05) is 19.8 Å². The number of nitrogens with one attached hydrogen (secondary N) is 1. The zero-order valence-corrected chi connectivity index (χ0v) is 14.9. The second kappa shape index (κ2) is 14.9. The molecule has 1 amide bonds. The van der Waals surface area contributed by atoms with Crippen LogP contribution in [0.15, 0.2) is 0 Å². The number of hydrogen-bond donors (Lipinski definition) is 2. The molecule has 1 unspecified atom stereocenters. The van der Waals surface area contributed by atoms with Gasteiger partial charge in [0.25, 0.3) is 0 Å². The maximum absolute atomic E-state index is 11.7. The molecule has 21 heavy (non-hydrogen) atoms. The van der Waals surface area contributed by atoms with Crippen molar-refractivity contribution in [3.8, 4) is 0 Å². The Bertz CT molecular complexity index is 249. The Hall–Kier alpha value is -0.0300. The fraction of sp³-hybridized carbons (Fsp3) is 0.933. The van der Waals surface area contributed by atoms with E-state index in [4.69, 9.17) is 5.73 Å². The quantitative estimate of drug-likeness (QED) is 0.600. The normalized spacial score (nSPS) is 15.9. The minimum atomic E-state index is 0. The lowest BCUT2D eigenvalue weighted by Gasteiger charge is -2.20. The standard InChI is InChI=1S/C15H31N3O.2ClH/c1-14(13-18-10-6-7-11-18)12-17-15(19)8-4-2-3-5-9-16;;/h14H,2-13,16H2,1H3,(H,17,19);2*1H. The number of unbranched alkanes of at least 4 members (excludes halogenated alkanes) is 3. The fourth-order valence-electron chi connectivity index (χ4n) is 2.63. The first-order chi connectivity index (χ1) is 9.22. The Balaban J connectivity index is 0. The van der Waals surface area contributed by atoms with Crippen LogP contribution < -0.4 is 11.1 Å². The predicted molar refractivity (Wildman–Crippen MR) is 94.5 cm³/mol. The summed E-state index contributed by atoms with van der Waals surface area (Å²) in [5, 5.41) is 3.06. The van der Waals surface area contributed by atoms with Gasteiger partial charge in [-0.05, 0) is 51.2 Å². The van der Waals surface area contributed by atoms with Crippen molar-refractivity contribution in [2.45, 2.75) is 51.9 Å². The largest absolute Gasteiger partial charge is 0.356 e. The maximum Gasteiger partial charge on any atom is 0.220 e. The van der Waals surface area contributed by atoms with Crippen molar-refractivity contribution < 1.29 is 4.79 Å². The second-order valence-electron chi connectivity index (χ2n) is 5.87. The third kappa shape index (κ3) is 12.2. The van der Waals surface area contributed by atoms with E-state index in [1.807, 2.05) is 0 Å². The first-order valence-electron chi connectivity index (χ1n) is 7.91. The molecule has 1 atom stereocenters. The van der Waals surface area contributed by atoms with Crippen molar-refractivity contribution in [1.29, 1.82) is 0 Å². The van der Waals surface area contributed by atoms with Crippen LogP contribution in [0.3, 0.4) is 0 Å². The average Bonchev–Trinajstić information content (AvgIpc) is 2.89. The van der Waals surface area contributed by atoms with Gasteiger partial charge in [-0.15, -0.1) is 24.8 Å². The molecule has 1 fully saturated rings. The van der Waals surface area contributed by atoms with Crippen molar-refractivity contribution >= 4 is 30.7 Å². The number of hydrogen-bond acceptors (Lipinski definition) is 3. The second-order valence-corrected chi connectivity index (χ2v) is 5.87. The van der Waals surface area contributed by atoms with Crippen LogP contribution in [0.5, 0.6) is 0 Å². The Labute approximate surface area is 142 Å². The number of rotatable bonds is 10. The first kappa shape index (κ1) is 23.2. The van der Waals surface area contributed by atoms with E-state index in [0.29, 0.717) is 12.3 Å². The van der Waals surface area contributed by atoms with Crippen LogP contribution in [0.25, 0.3) is 0 Å². The molecule has 128 valence electrons. The van der Waals surface area contributed by atoms with Crippen LogP contribution in [0, 0.1) is 5.92 Å². The van der Waals surface area contributed by atoms with Gasteiger partial charge in [-0.2, -0.15) is 0 Å². The van der Waals surface area contributed by atoms with Crippen LogP contribution >= 0.6 is 24.8 Å². The number of halogens is 2. The summed E-state index contributed by atoms with van der Waals surface area (Å²) in [5.74, 6) is 0.764. The molecule has 0 spiro atoms. The minimum absolute atomic E-state index is 0. The fourth-order valence-corrected chi connectivity index (χ4v) is 2.63. The number of carbonyl (C=O) groups excluding carboxylic acids is 1. The molecule has 0 aliphatic carbocycles. The van der Waals surface area contributed by atoms with Gasteiger partial charge in [-0.25, -0.2) is 0 Å². The summed E-state index contributed by atoms with van der Waals surface area (Å²) in [7, 11) is 0. The lowest BCUT2D eigenvalue weighted by atomic mass is 10.1. The molecule has 1 saturated heterocycles. The van der Waals surface area contributed by atoms with Crippen LogP contribution in [0.4, 0.5) is 0 Å². The molecule has 0 bridgehead atoms. The van der Waals surface area contributed by atoms with E-state index in [-0.39, 0.29) is 30.7 Å². The Morgan fingerprint density at radius 1 is 1.14 bits per heavy atom. The summed E-state index contributed by atoms with van der Waals surface area (Å²) in [4.78, 5) is 14.2. The van der Waals surface area contributed by atoms with Crippen molar-refractivity contribution in [2.75, 3.05) is 32.7 Å². The highest BCUT2D eigenvalue weighted by Gasteiger charge is 2.14. The average molecular weight is 342 g/mol. The van der Waals surface area contributed by atoms with E-state index >= 15 is 0 Å². The third-order valence-corrected chi connectivity index (χ3v) is 3.77. The van der Waals surface area contributed by atoms with Crippen LogP contribution in [0.1, 0.15) is 51.9 Å². The van der Waals surface area contributed by atoms with E-state index < -0.39 is 0 Å². The summed E-state index contributed by atoms with van der Waals surface area (Å²) >= 11 is 0. The number of nitrogens with zero attached hydrogens (tertiary/aromatic N) is 1. The highest BCUT2D eigenvalue weighted by Crippen LogP contribution is 2.09. The molecule has 4 nitrogen and oxygen atoms in total. The molecule has 0 radical (unpaired) electrons. The number of amides is 1. The predicted octanol–water partition coefficient (Wildman–Crippen LogP) is 2.59. The van der Waals surface area contributed by atoms with Crippen molar-refractivity contribution in [1.82, 2.24) is 10.2 Å². The number of likely N-dealkylation sites (tertiary alicyclic amines) is 1. The molecule has 0 aromatic heterocycles. The Morgan fingerprint density at radius 2 is 1.76 bits per heavy atom.